The van der Waals surface area contributed by atoms with Gasteiger partial charge in [0.15, 0.2) is 0 Å². The zero-order valence-electron chi connectivity index (χ0n) is 13.6. The molecule has 1 heterocycles. The van der Waals surface area contributed by atoms with Crippen molar-refractivity contribution >= 4 is 6.09 Å². The molecule has 0 spiro atoms. The van der Waals surface area contributed by atoms with Crippen LogP contribution in [0.2, 0.25) is 0 Å². The van der Waals surface area contributed by atoms with Crippen LogP contribution in [0.1, 0.15) is 46.1 Å². The number of rotatable bonds is 2. The van der Waals surface area contributed by atoms with Gasteiger partial charge >= 0.3 is 6.09 Å². The van der Waals surface area contributed by atoms with E-state index in [1.807, 2.05) is 31.7 Å². The molecule has 116 valence electrons. The van der Waals surface area contributed by atoms with Crippen LogP contribution in [0, 0.1) is 5.92 Å². The van der Waals surface area contributed by atoms with E-state index in [9.17, 15) is 4.79 Å². The largest absolute Gasteiger partial charge is 0.444 e. The lowest BCUT2D eigenvalue weighted by Gasteiger charge is -2.40. The van der Waals surface area contributed by atoms with Crippen molar-refractivity contribution in [2.24, 2.45) is 5.92 Å². The number of piperidine rings is 1. The first kappa shape index (κ1) is 15.9. The molecule has 2 unspecified atom stereocenters. The summed E-state index contributed by atoms with van der Waals surface area (Å²) < 4.78 is 5.58. The fourth-order valence-electron chi connectivity index (χ4n) is 2.96. The first-order valence-electron chi connectivity index (χ1n) is 7.90. The van der Waals surface area contributed by atoms with E-state index >= 15 is 0 Å². The summed E-state index contributed by atoms with van der Waals surface area (Å²) in [7, 11) is 0. The van der Waals surface area contributed by atoms with Crippen molar-refractivity contribution in [3.63, 3.8) is 0 Å². The molecule has 0 bridgehead atoms. The topological polar surface area (TPSA) is 29.5 Å². The van der Waals surface area contributed by atoms with E-state index < -0.39 is 5.60 Å². The Balaban J connectivity index is 2.11. The molecule has 1 aromatic rings. The van der Waals surface area contributed by atoms with Crippen molar-refractivity contribution in [1.82, 2.24) is 4.90 Å². The molecular formula is C18H27NO2. The van der Waals surface area contributed by atoms with Crippen LogP contribution in [-0.4, -0.2) is 29.2 Å². The summed E-state index contributed by atoms with van der Waals surface area (Å²) in [6.07, 6.45) is 2.97. The van der Waals surface area contributed by atoms with Gasteiger partial charge in [0.25, 0.3) is 0 Å². The number of nitrogens with zero attached hydrogens (tertiary/aromatic N) is 1. The summed E-state index contributed by atoms with van der Waals surface area (Å²) in [4.78, 5) is 14.4. The summed E-state index contributed by atoms with van der Waals surface area (Å²) in [5.41, 5.74) is 0.847. The maximum atomic E-state index is 12.5. The zero-order chi connectivity index (χ0) is 15.5. The third-order valence-corrected chi connectivity index (χ3v) is 4.03. The maximum Gasteiger partial charge on any atom is 0.410 e. The van der Waals surface area contributed by atoms with Gasteiger partial charge in [-0.3, -0.25) is 0 Å². The van der Waals surface area contributed by atoms with Crippen molar-refractivity contribution < 1.29 is 9.53 Å². The number of benzene rings is 1. The molecule has 0 saturated carbocycles. The number of hydrogen-bond acceptors (Lipinski definition) is 2. The molecule has 1 aliphatic heterocycles. The molecule has 0 N–H and O–H groups in total. The van der Waals surface area contributed by atoms with E-state index in [1.165, 1.54) is 12.0 Å². The fourth-order valence-corrected chi connectivity index (χ4v) is 2.96. The lowest BCUT2D eigenvalue weighted by molar-refractivity contribution is 0.00177. The Bertz CT molecular complexity index is 464. The maximum absolute atomic E-state index is 12.5. The lowest BCUT2D eigenvalue weighted by Crippen LogP contribution is -2.50. The molecule has 1 amide bonds. The van der Waals surface area contributed by atoms with Gasteiger partial charge in [0.1, 0.15) is 5.60 Å². The van der Waals surface area contributed by atoms with E-state index in [0.29, 0.717) is 5.92 Å². The molecule has 0 aliphatic carbocycles. The Hall–Kier alpha value is -1.51. The van der Waals surface area contributed by atoms with Crippen LogP contribution in [0.25, 0.3) is 0 Å². The molecule has 21 heavy (non-hydrogen) atoms. The predicted molar refractivity (Wildman–Crippen MR) is 85.3 cm³/mol. The van der Waals surface area contributed by atoms with Gasteiger partial charge in [-0.2, -0.15) is 0 Å². The third kappa shape index (κ3) is 4.48. The third-order valence-electron chi connectivity index (χ3n) is 4.03. The molecule has 1 aliphatic rings. The average Bonchev–Trinajstić information content (AvgIpc) is 2.40. The summed E-state index contributed by atoms with van der Waals surface area (Å²) in [5.74, 6) is 0.506. The normalized spacial score (nSPS) is 23.0. The second-order valence-corrected chi connectivity index (χ2v) is 7.05. The second-order valence-electron chi connectivity index (χ2n) is 7.05. The summed E-state index contributed by atoms with van der Waals surface area (Å²) in [6, 6.07) is 10.6. The molecule has 3 nitrogen and oxygen atoms in total. The molecular weight excluding hydrogens is 262 g/mol. The van der Waals surface area contributed by atoms with Crippen molar-refractivity contribution in [2.75, 3.05) is 6.54 Å². The first-order valence-corrected chi connectivity index (χ1v) is 7.90. The summed E-state index contributed by atoms with van der Waals surface area (Å²) >= 11 is 0. The summed E-state index contributed by atoms with van der Waals surface area (Å²) in [6.45, 7) is 8.81. The second kappa shape index (κ2) is 6.50. The Morgan fingerprint density at radius 1 is 1.29 bits per heavy atom. The highest BCUT2D eigenvalue weighted by Gasteiger charge is 2.34. The molecule has 1 saturated heterocycles. The van der Waals surface area contributed by atoms with Gasteiger partial charge in [-0.25, -0.2) is 4.79 Å². The van der Waals surface area contributed by atoms with Crippen LogP contribution in [0.5, 0.6) is 0 Å². The van der Waals surface area contributed by atoms with Gasteiger partial charge in [-0.1, -0.05) is 37.3 Å². The van der Waals surface area contributed by atoms with Crippen LogP contribution >= 0.6 is 0 Å². The van der Waals surface area contributed by atoms with Crippen LogP contribution in [0.15, 0.2) is 30.3 Å². The number of carbonyl (C=O) groups excluding carboxylic acids is 1. The fraction of sp³-hybridized carbons (Fsp3) is 0.611. The van der Waals surface area contributed by atoms with Crippen molar-refractivity contribution in [3.05, 3.63) is 35.9 Å². The van der Waals surface area contributed by atoms with Gasteiger partial charge in [-0.05, 0) is 51.5 Å². The molecule has 1 aromatic carbocycles. The van der Waals surface area contributed by atoms with Gasteiger partial charge in [0.05, 0.1) is 0 Å². The minimum Gasteiger partial charge on any atom is -0.444 e. The standard InChI is InChI=1S/C18H27NO2/c1-14-9-8-12-19(17(20)21-18(2,3)4)16(14)13-15-10-6-5-7-11-15/h5-7,10-11,14,16H,8-9,12-13H2,1-4H3. The number of ether oxygens (including phenoxy) is 1. The molecule has 2 rings (SSSR count). The van der Waals surface area contributed by atoms with Crippen LogP contribution < -0.4 is 0 Å². The summed E-state index contributed by atoms with van der Waals surface area (Å²) in [5, 5.41) is 0. The molecule has 3 heteroatoms. The van der Waals surface area contributed by atoms with Gasteiger partial charge in [0, 0.05) is 12.6 Å². The van der Waals surface area contributed by atoms with Gasteiger partial charge in [0.2, 0.25) is 0 Å². The van der Waals surface area contributed by atoms with E-state index in [1.54, 1.807) is 0 Å². The van der Waals surface area contributed by atoms with Crippen LogP contribution in [0.3, 0.4) is 0 Å². The predicted octanol–water partition coefficient (Wildman–Crippen LogP) is 4.26. The smallest absolute Gasteiger partial charge is 0.410 e. The molecule has 1 fully saturated rings. The van der Waals surface area contributed by atoms with Gasteiger partial charge < -0.3 is 9.64 Å². The molecule has 0 radical (unpaired) electrons. The lowest BCUT2D eigenvalue weighted by atomic mass is 9.87. The highest BCUT2D eigenvalue weighted by atomic mass is 16.6. The quantitative estimate of drug-likeness (QED) is 0.814. The number of hydrogen-bond donors (Lipinski definition) is 0. The monoisotopic (exact) mass is 289 g/mol. The highest BCUT2D eigenvalue weighted by molar-refractivity contribution is 5.68. The van der Waals surface area contributed by atoms with Crippen LogP contribution in [-0.2, 0) is 11.2 Å². The number of carbonyl (C=O) groups is 1. The molecule has 0 aromatic heterocycles. The van der Waals surface area contributed by atoms with Crippen molar-refractivity contribution in [3.8, 4) is 0 Å². The first-order chi connectivity index (χ1) is 9.87. The zero-order valence-corrected chi connectivity index (χ0v) is 13.6. The number of amides is 1. The Labute approximate surface area is 128 Å². The average molecular weight is 289 g/mol. The highest BCUT2D eigenvalue weighted by Crippen LogP contribution is 2.27. The van der Waals surface area contributed by atoms with Gasteiger partial charge in [-0.15, -0.1) is 0 Å². The van der Waals surface area contributed by atoms with Crippen LogP contribution in [0.4, 0.5) is 4.79 Å². The van der Waals surface area contributed by atoms with Crippen molar-refractivity contribution in [2.45, 2.75) is 58.6 Å². The Morgan fingerprint density at radius 3 is 2.57 bits per heavy atom. The SMILES string of the molecule is CC1CCCN(C(=O)OC(C)(C)C)C1Cc1ccccc1. The van der Waals surface area contributed by atoms with E-state index in [-0.39, 0.29) is 12.1 Å². The molecule has 2 atom stereocenters. The van der Waals surface area contributed by atoms with E-state index in [0.717, 1.165) is 19.4 Å². The Kier molecular flexibility index (Phi) is 4.92. The van der Waals surface area contributed by atoms with E-state index in [2.05, 4.69) is 31.2 Å². The number of likely N-dealkylation sites (tertiary alicyclic amines) is 1. The minimum atomic E-state index is -0.435. The van der Waals surface area contributed by atoms with E-state index in [4.69, 9.17) is 4.74 Å². The Morgan fingerprint density at radius 2 is 1.95 bits per heavy atom. The minimum absolute atomic E-state index is 0.171. The van der Waals surface area contributed by atoms with Crippen molar-refractivity contribution in [1.29, 1.82) is 0 Å².